The number of hydrogen-bond acceptors (Lipinski definition) is 2. The Morgan fingerprint density at radius 2 is 1.94 bits per heavy atom. The van der Waals surface area contributed by atoms with E-state index in [4.69, 9.17) is 5.11 Å². The number of carboxylic acid groups (broad SMARTS) is 1. The number of rotatable bonds is 2. The molecule has 0 radical (unpaired) electrons. The second-order valence-electron chi connectivity index (χ2n) is 4.00. The third-order valence-corrected chi connectivity index (χ3v) is 3.20. The number of aliphatic carboxylic acids is 1. The fourth-order valence-corrected chi connectivity index (χ4v) is 2.05. The van der Waals surface area contributed by atoms with Crippen LogP contribution in [-0.4, -0.2) is 16.2 Å². The molecule has 1 saturated carbocycles. The monoisotopic (exact) mass is 228 g/mol. The SMILES string of the molecule is O=C(O)C1(c2ccc(F)c(F)c2O)CCC1. The Morgan fingerprint density at radius 1 is 1.31 bits per heavy atom. The summed E-state index contributed by atoms with van der Waals surface area (Å²) < 4.78 is 25.9. The van der Waals surface area contributed by atoms with E-state index >= 15 is 0 Å². The van der Waals surface area contributed by atoms with Gasteiger partial charge in [-0.2, -0.15) is 4.39 Å². The largest absolute Gasteiger partial charge is 0.505 e. The summed E-state index contributed by atoms with van der Waals surface area (Å²) in [5.41, 5.74) is -1.29. The van der Waals surface area contributed by atoms with Gasteiger partial charge in [0, 0.05) is 5.56 Å². The quantitative estimate of drug-likeness (QED) is 0.815. The highest BCUT2D eigenvalue weighted by atomic mass is 19.2. The lowest BCUT2D eigenvalue weighted by atomic mass is 9.64. The molecule has 0 amide bonds. The van der Waals surface area contributed by atoms with Crippen molar-refractivity contribution in [2.45, 2.75) is 24.7 Å². The Hall–Kier alpha value is -1.65. The van der Waals surface area contributed by atoms with Gasteiger partial charge in [-0.3, -0.25) is 4.79 Å². The summed E-state index contributed by atoms with van der Waals surface area (Å²) in [5, 5.41) is 18.5. The molecular weight excluding hydrogens is 218 g/mol. The third-order valence-electron chi connectivity index (χ3n) is 3.20. The van der Waals surface area contributed by atoms with E-state index in [1.54, 1.807) is 0 Å². The summed E-state index contributed by atoms with van der Waals surface area (Å²) >= 11 is 0. The van der Waals surface area contributed by atoms with Crippen molar-refractivity contribution in [3.8, 4) is 5.75 Å². The number of carboxylic acids is 1. The molecule has 1 aliphatic carbocycles. The van der Waals surface area contributed by atoms with Crippen LogP contribution < -0.4 is 0 Å². The first-order valence-electron chi connectivity index (χ1n) is 4.90. The molecule has 0 spiro atoms. The minimum Gasteiger partial charge on any atom is -0.505 e. The van der Waals surface area contributed by atoms with Crippen molar-refractivity contribution in [2.75, 3.05) is 0 Å². The predicted octanol–water partition coefficient (Wildman–Crippen LogP) is 2.18. The Morgan fingerprint density at radius 3 is 2.38 bits per heavy atom. The van der Waals surface area contributed by atoms with Gasteiger partial charge in [0.05, 0.1) is 5.41 Å². The van der Waals surface area contributed by atoms with Crippen molar-refractivity contribution in [1.29, 1.82) is 0 Å². The minimum absolute atomic E-state index is 0.0369. The standard InChI is InChI=1S/C11H10F2O3/c12-7-3-2-6(9(14)8(7)13)11(10(15)16)4-1-5-11/h2-3,14H,1,4-5H2,(H,15,16). The molecule has 3 nitrogen and oxygen atoms in total. The molecule has 86 valence electrons. The predicted molar refractivity (Wildman–Crippen MR) is 51.2 cm³/mol. The van der Waals surface area contributed by atoms with Gasteiger partial charge in [-0.15, -0.1) is 0 Å². The van der Waals surface area contributed by atoms with E-state index in [-0.39, 0.29) is 5.56 Å². The Bertz CT molecular complexity index is 453. The number of carbonyl (C=O) groups is 1. The molecule has 1 fully saturated rings. The van der Waals surface area contributed by atoms with Crippen molar-refractivity contribution in [1.82, 2.24) is 0 Å². The smallest absolute Gasteiger partial charge is 0.314 e. The summed E-state index contributed by atoms with van der Waals surface area (Å²) in [5.74, 6) is -4.56. The maximum atomic E-state index is 13.1. The van der Waals surface area contributed by atoms with Crippen LogP contribution in [0.25, 0.3) is 0 Å². The van der Waals surface area contributed by atoms with E-state index in [9.17, 15) is 18.7 Å². The van der Waals surface area contributed by atoms with Gasteiger partial charge in [0.2, 0.25) is 5.82 Å². The molecule has 0 unspecified atom stereocenters. The van der Waals surface area contributed by atoms with Crippen molar-refractivity contribution in [3.05, 3.63) is 29.3 Å². The van der Waals surface area contributed by atoms with Gasteiger partial charge in [0.1, 0.15) is 0 Å². The first kappa shape index (κ1) is 10.9. The fourth-order valence-electron chi connectivity index (χ4n) is 2.05. The number of halogens is 2. The van der Waals surface area contributed by atoms with Crippen LogP contribution in [0.15, 0.2) is 12.1 Å². The number of phenols is 1. The van der Waals surface area contributed by atoms with E-state index in [0.717, 1.165) is 12.1 Å². The van der Waals surface area contributed by atoms with Gasteiger partial charge in [-0.1, -0.05) is 12.5 Å². The molecule has 1 aliphatic rings. The van der Waals surface area contributed by atoms with Crippen molar-refractivity contribution in [3.63, 3.8) is 0 Å². The zero-order chi connectivity index (χ0) is 11.9. The van der Waals surface area contributed by atoms with Crippen LogP contribution >= 0.6 is 0 Å². The van der Waals surface area contributed by atoms with Crippen molar-refractivity contribution >= 4 is 5.97 Å². The first-order chi connectivity index (χ1) is 7.49. The number of aromatic hydroxyl groups is 1. The van der Waals surface area contributed by atoms with Crippen molar-refractivity contribution in [2.24, 2.45) is 0 Å². The highest BCUT2D eigenvalue weighted by Crippen LogP contribution is 2.47. The molecule has 1 aromatic rings. The highest BCUT2D eigenvalue weighted by molar-refractivity contribution is 5.83. The molecule has 1 aromatic carbocycles. The van der Waals surface area contributed by atoms with Crippen molar-refractivity contribution < 1.29 is 23.8 Å². The van der Waals surface area contributed by atoms with Crippen LogP contribution in [0.4, 0.5) is 8.78 Å². The molecule has 0 aliphatic heterocycles. The van der Waals surface area contributed by atoms with Gasteiger partial charge in [-0.05, 0) is 18.9 Å². The average molecular weight is 228 g/mol. The molecule has 0 heterocycles. The maximum absolute atomic E-state index is 13.1. The second-order valence-corrected chi connectivity index (χ2v) is 4.00. The minimum atomic E-state index is -1.38. The summed E-state index contributed by atoms with van der Waals surface area (Å²) in [6, 6.07) is 1.98. The molecule has 2 rings (SSSR count). The highest BCUT2D eigenvalue weighted by Gasteiger charge is 2.48. The zero-order valence-corrected chi connectivity index (χ0v) is 8.33. The first-order valence-corrected chi connectivity index (χ1v) is 4.90. The molecule has 0 saturated heterocycles. The lowest BCUT2D eigenvalue weighted by molar-refractivity contribution is -0.147. The van der Waals surface area contributed by atoms with E-state index < -0.39 is 28.8 Å². The van der Waals surface area contributed by atoms with Crippen LogP contribution in [-0.2, 0) is 10.2 Å². The number of benzene rings is 1. The van der Waals surface area contributed by atoms with Crippen LogP contribution in [0.1, 0.15) is 24.8 Å². The molecule has 5 heteroatoms. The van der Waals surface area contributed by atoms with E-state index in [0.29, 0.717) is 19.3 Å². The van der Waals surface area contributed by atoms with E-state index in [1.807, 2.05) is 0 Å². The van der Waals surface area contributed by atoms with Gasteiger partial charge >= 0.3 is 5.97 Å². The lowest BCUT2D eigenvalue weighted by Crippen LogP contribution is -2.42. The van der Waals surface area contributed by atoms with E-state index in [1.165, 1.54) is 0 Å². The maximum Gasteiger partial charge on any atom is 0.314 e. The Kier molecular flexibility index (Phi) is 2.33. The Labute approximate surface area is 90.3 Å². The van der Waals surface area contributed by atoms with Gasteiger partial charge < -0.3 is 10.2 Å². The topological polar surface area (TPSA) is 57.5 Å². The molecule has 2 N–H and O–H groups in total. The third kappa shape index (κ3) is 1.27. The zero-order valence-electron chi connectivity index (χ0n) is 8.33. The van der Waals surface area contributed by atoms with Gasteiger partial charge in [0.15, 0.2) is 11.6 Å². The lowest BCUT2D eigenvalue weighted by Gasteiger charge is -2.38. The van der Waals surface area contributed by atoms with Crippen LogP contribution in [0.5, 0.6) is 5.75 Å². The fraction of sp³-hybridized carbons (Fsp3) is 0.364. The van der Waals surface area contributed by atoms with Gasteiger partial charge in [-0.25, -0.2) is 4.39 Å². The van der Waals surface area contributed by atoms with Crippen LogP contribution in [0, 0.1) is 11.6 Å². The van der Waals surface area contributed by atoms with Crippen LogP contribution in [0.3, 0.4) is 0 Å². The van der Waals surface area contributed by atoms with E-state index in [2.05, 4.69) is 0 Å². The average Bonchev–Trinajstić information content (AvgIpc) is 2.16. The molecule has 16 heavy (non-hydrogen) atoms. The molecule has 0 atom stereocenters. The summed E-state index contributed by atoms with van der Waals surface area (Å²) in [6.45, 7) is 0. The normalized spacial score (nSPS) is 17.9. The number of phenolic OH excluding ortho intramolecular Hbond substituents is 1. The Balaban J connectivity index is 2.56. The summed E-state index contributed by atoms with van der Waals surface area (Å²) in [4.78, 5) is 11.1. The summed E-state index contributed by atoms with van der Waals surface area (Å²) in [6.07, 6.45) is 1.37. The van der Waals surface area contributed by atoms with Crippen LogP contribution in [0.2, 0.25) is 0 Å². The van der Waals surface area contributed by atoms with Gasteiger partial charge in [0.25, 0.3) is 0 Å². The summed E-state index contributed by atoms with van der Waals surface area (Å²) in [7, 11) is 0. The molecular formula is C11H10F2O3. The second kappa shape index (κ2) is 3.43. The number of hydrogen-bond donors (Lipinski definition) is 2. The molecule has 0 aromatic heterocycles. The molecule has 0 bridgehead atoms.